The molecule has 0 aliphatic carbocycles. The number of nitrogens with zero attached hydrogens (tertiary/aromatic N) is 4. The van der Waals surface area contributed by atoms with Crippen molar-refractivity contribution in [1.82, 2.24) is 14.5 Å². The maximum Gasteiger partial charge on any atom is 0.326 e. The molecular formula is C15H14N4O5. The Kier molecular flexibility index (Phi) is 3.98. The molecule has 0 bridgehead atoms. The number of benzene rings is 1. The minimum absolute atomic E-state index is 0.0960. The zero-order valence-corrected chi connectivity index (χ0v) is 12.5. The molecule has 0 unspecified atom stereocenters. The molecule has 1 amide bonds. The lowest BCUT2D eigenvalue weighted by atomic mass is 10.1. The lowest BCUT2D eigenvalue weighted by Crippen LogP contribution is -2.40. The summed E-state index contributed by atoms with van der Waals surface area (Å²) in [7, 11) is 0. The zero-order chi connectivity index (χ0) is 17.3. The van der Waals surface area contributed by atoms with Gasteiger partial charge >= 0.3 is 5.97 Å². The van der Waals surface area contributed by atoms with E-state index in [9.17, 15) is 24.8 Å². The highest BCUT2D eigenvalue weighted by atomic mass is 16.6. The van der Waals surface area contributed by atoms with Crippen molar-refractivity contribution in [2.75, 3.05) is 6.54 Å². The number of carboxylic acid groups (broad SMARTS) is 1. The van der Waals surface area contributed by atoms with Crippen LogP contribution in [0.4, 0.5) is 5.69 Å². The van der Waals surface area contributed by atoms with Gasteiger partial charge in [0.25, 0.3) is 11.6 Å². The molecule has 1 fully saturated rings. The number of likely N-dealkylation sites (tertiary alicyclic amines) is 1. The van der Waals surface area contributed by atoms with E-state index in [-0.39, 0.29) is 16.9 Å². The highest BCUT2D eigenvalue weighted by Crippen LogP contribution is 2.27. The fraction of sp³-hybridized carbons (Fsp3) is 0.267. The van der Waals surface area contributed by atoms with Gasteiger partial charge in [0.2, 0.25) is 0 Å². The standard InChI is InChI=1S/C15H14N4O5/c20-14(18-6-1-2-12(18)15(21)22)10-3-4-11(13(8-10)19(23)24)17-7-5-16-9-17/h3-5,7-9,12H,1-2,6H2,(H,21,22)/t12-/m0/s1. The summed E-state index contributed by atoms with van der Waals surface area (Å²) in [5.74, 6) is -1.58. The van der Waals surface area contributed by atoms with Gasteiger partial charge in [-0.2, -0.15) is 0 Å². The highest BCUT2D eigenvalue weighted by Gasteiger charge is 2.35. The number of hydrogen-bond donors (Lipinski definition) is 1. The number of nitro groups is 1. The van der Waals surface area contributed by atoms with Gasteiger partial charge in [-0.25, -0.2) is 9.78 Å². The number of hydrogen-bond acceptors (Lipinski definition) is 5. The Labute approximate surface area is 136 Å². The van der Waals surface area contributed by atoms with Crippen LogP contribution in [-0.4, -0.2) is 48.9 Å². The van der Waals surface area contributed by atoms with Crippen molar-refractivity contribution in [3.05, 3.63) is 52.6 Å². The van der Waals surface area contributed by atoms with Crippen molar-refractivity contribution in [2.45, 2.75) is 18.9 Å². The van der Waals surface area contributed by atoms with Crippen molar-refractivity contribution in [3.63, 3.8) is 0 Å². The van der Waals surface area contributed by atoms with Crippen molar-refractivity contribution < 1.29 is 19.6 Å². The van der Waals surface area contributed by atoms with E-state index in [0.29, 0.717) is 19.4 Å². The molecule has 9 heteroatoms. The second kappa shape index (κ2) is 6.11. The van der Waals surface area contributed by atoms with Crippen molar-refractivity contribution in [2.24, 2.45) is 0 Å². The third-order valence-corrected chi connectivity index (χ3v) is 4.00. The summed E-state index contributed by atoms with van der Waals surface area (Å²) >= 11 is 0. The predicted molar refractivity (Wildman–Crippen MR) is 81.9 cm³/mol. The van der Waals surface area contributed by atoms with E-state index in [4.69, 9.17) is 0 Å². The topological polar surface area (TPSA) is 119 Å². The van der Waals surface area contributed by atoms with Crippen LogP contribution in [0.2, 0.25) is 0 Å². The van der Waals surface area contributed by atoms with Gasteiger partial charge < -0.3 is 14.6 Å². The van der Waals surface area contributed by atoms with E-state index >= 15 is 0 Å². The SMILES string of the molecule is O=C(O)[C@@H]1CCCN1C(=O)c1ccc(-n2ccnc2)c([N+](=O)[O-])c1. The van der Waals surface area contributed by atoms with E-state index in [1.807, 2.05) is 0 Å². The molecular weight excluding hydrogens is 316 g/mol. The first-order valence-corrected chi connectivity index (χ1v) is 7.29. The molecule has 2 heterocycles. The first kappa shape index (κ1) is 15.7. The first-order chi connectivity index (χ1) is 11.5. The molecule has 1 aliphatic heterocycles. The second-order valence-corrected chi connectivity index (χ2v) is 5.43. The smallest absolute Gasteiger partial charge is 0.326 e. The molecule has 1 aromatic heterocycles. The molecule has 1 saturated heterocycles. The van der Waals surface area contributed by atoms with Crippen LogP contribution in [0.5, 0.6) is 0 Å². The normalized spacial score (nSPS) is 17.0. The van der Waals surface area contributed by atoms with Gasteiger partial charge in [0.1, 0.15) is 11.7 Å². The number of rotatable bonds is 4. The van der Waals surface area contributed by atoms with Crippen LogP contribution in [0.1, 0.15) is 23.2 Å². The molecule has 1 aliphatic rings. The summed E-state index contributed by atoms with van der Waals surface area (Å²) in [6.45, 7) is 0.326. The van der Waals surface area contributed by atoms with E-state index in [0.717, 1.165) is 0 Å². The second-order valence-electron chi connectivity index (χ2n) is 5.43. The Hall–Kier alpha value is -3.23. The highest BCUT2D eigenvalue weighted by molar-refractivity contribution is 5.97. The average molecular weight is 330 g/mol. The third-order valence-electron chi connectivity index (χ3n) is 4.00. The lowest BCUT2D eigenvalue weighted by Gasteiger charge is -2.21. The van der Waals surface area contributed by atoms with Crippen LogP contribution in [-0.2, 0) is 4.79 Å². The number of aromatic nitrogens is 2. The summed E-state index contributed by atoms with van der Waals surface area (Å²) in [5.41, 5.74) is 0.133. The Morgan fingerprint density at radius 2 is 2.17 bits per heavy atom. The van der Waals surface area contributed by atoms with Gasteiger partial charge in [-0.3, -0.25) is 14.9 Å². The number of carbonyl (C=O) groups is 2. The van der Waals surface area contributed by atoms with Gasteiger partial charge in [0.15, 0.2) is 0 Å². The Morgan fingerprint density at radius 1 is 1.38 bits per heavy atom. The number of carbonyl (C=O) groups excluding carboxylic acids is 1. The largest absolute Gasteiger partial charge is 0.480 e. The molecule has 24 heavy (non-hydrogen) atoms. The quantitative estimate of drug-likeness (QED) is 0.670. The van der Waals surface area contributed by atoms with E-state index in [2.05, 4.69) is 4.98 Å². The van der Waals surface area contributed by atoms with Crippen LogP contribution in [0.25, 0.3) is 5.69 Å². The van der Waals surface area contributed by atoms with Crippen LogP contribution >= 0.6 is 0 Å². The van der Waals surface area contributed by atoms with E-state index in [1.165, 1.54) is 40.2 Å². The number of imidazole rings is 1. The summed E-state index contributed by atoms with van der Waals surface area (Å²) in [6, 6.07) is 3.21. The van der Waals surface area contributed by atoms with Crippen molar-refractivity contribution >= 4 is 17.6 Å². The Balaban J connectivity index is 1.97. The number of carboxylic acids is 1. The molecule has 1 atom stereocenters. The molecule has 0 radical (unpaired) electrons. The monoisotopic (exact) mass is 330 g/mol. The van der Waals surface area contributed by atoms with Crippen LogP contribution in [0.15, 0.2) is 36.9 Å². The van der Waals surface area contributed by atoms with Gasteiger partial charge in [-0.1, -0.05) is 0 Å². The first-order valence-electron chi connectivity index (χ1n) is 7.29. The molecule has 0 spiro atoms. The third kappa shape index (κ3) is 2.71. The van der Waals surface area contributed by atoms with Gasteiger partial charge in [-0.05, 0) is 25.0 Å². The summed E-state index contributed by atoms with van der Waals surface area (Å²) < 4.78 is 1.47. The van der Waals surface area contributed by atoms with Crippen LogP contribution in [0, 0.1) is 10.1 Å². The Morgan fingerprint density at radius 3 is 2.79 bits per heavy atom. The summed E-state index contributed by atoms with van der Waals surface area (Å²) in [6.07, 6.45) is 5.45. The van der Waals surface area contributed by atoms with Crippen molar-refractivity contribution in [1.29, 1.82) is 0 Å². The summed E-state index contributed by atoms with van der Waals surface area (Å²) in [4.78, 5) is 39.6. The molecule has 0 saturated carbocycles. The molecule has 2 aromatic rings. The molecule has 1 aromatic carbocycles. The number of nitro benzene ring substituents is 1. The molecule has 124 valence electrons. The van der Waals surface area contributed by atoms with Gasteiger partial charge in [-0.15, -0.1) is 0 Å². The maximum absolute atomic E-state index is 12.6. The predicted octanol–water partition coefficient (Wildman–Crippen LogP) is 1.47. The molecule has 3 rings (SSSR count). The lowest BCUT2D eigenvalue weighted by molar-refractivity contribution is -0.384. The fourth-order valence-corrected chi connectivity index (χ4v) is 2.86. The van der Waals surface area contributed by atoms with Crippen LogP contribution < -0.4 is 0 Å². The van der Waals surface area contributed by atoms with Gasteiger partial charge in [0, 0.05) is 30.6 Å². The number of amides is 1. The number of aliphatic carboxylic acids is 1. The zero-order valence-electron chi connectivity index (χ0n) is 12.5. The summed E-state index contributed by atoms with van der Waals surface area (Å²) in [5, 5.41) is 20.5. The maximum atomic E-state index is 12.6. The Bertz CT molecular complexity index is 802. The minimum atomic E-state index is -1.06. The van der Waals surface area contributed by atoms with Crippen molar-refractivity contribution in [3.8, 4) is 5.69 Å². The molecule has 1 N–H and O–H groups in total. The van der Waals surface area contributed by atoms with Crippen LogP contribution in [0.3, 0.4) is 0 Å². The van der Waals surface area contributed by atoms with E-state index < -0.39 is 22.8 Å². The van der Waals surface area contributed by atoms with Gasteiger partial charge in [0.05, 0.1) is 11.3 Å². The minimum Gasteiger partial charge on any atom is -0.480 e. The van der Waals surface area contributed by atoms with E-state index in [1.54, 1.807) is 6.20 Å². The average Bonchev–Trinajstić information content (AvgIpc) is 3.24. The fourth-order valence-electron chi connectivity index (χ4n) is 2.86. The molecule has 9 nitrogen and oxygen atoms in total.